The number of fused-ring (bicyclic) bond motifs is 3. The summed E-state index contributed by atoms with van der Waals surface area (Å²) in [6.45, 7) is 3.49. The molecule has 3 aromatic rings. The molecule has 0 unspecified atom stereocenters. The van der Waals surface area contributed by atoms with E-state index in [1.165, 1.54) is 5.56 Å². The molecule has 0 fully saturated rings. The maximum absolute atomic E-state index is 12.9. The maximum Gasteiger partial charge on any atom is 0.237 e. The molecule has 1 aromatic carbocycles. The van der Waals surface area contributed by atoms with E-state index >= 15 is 0 Å². The van der Waals surface area contributed by atoms with Crippen LogP contribution in [0.5, 0.6) is 5.88 Å². The van der Waals surface area contributed by atoms with Gasteiger partial charge in [-0.1, -0.05) is 12.1 Å². The number of anilines is 1. The van der Waals surface area contributed by atoms with Crippen molar-refractivity contribution in [1.82, 2.24) is 9.97 Å². The van der Waals surface area contributed by atoms with Crippen LogP contribution in [0.3, 0.4) is 0 Å². The molecule has 0 saturated carbocycles. The third kappa shape index (κ3) is 2.96. The van der Waals surface area contributed by atoms with E-state index in [-0.39, 0.29) is 5.78 Å². The molecule has 0 saturated heterocycles. The lowest BCUT2D eigenvalue weighted by atomic mass is 9.96. The van der Waals surface area contributed by atoms with Gasteiger partial charge in [0.25, 0.3) is 0 Å². The second-order valence-corrected chi connectivity index (χ2v) is 8.25. The number of nitrogens with one attached hydrogen (secondary N) is 1. The van der Waals surface area contributed by atoms with Gasteiger partial charge in [-0.05, 0) is 76.6 Å². The quantitative estimate of drug-likeness (QED) is 0.638. The van der Waals surface area contributed by atoms with E-state index in [1.807, 2.05) is 24.7 Å². The zero-order valence-corrected chi connectivity index (χ0v) is 17.2. The number of hydrogen-bond acceptors (Lipinski definition) is 5. The molecule has 0 spiro atoms. The number of carbonyl (C=O) groups is 1. The van der Waals surface area contributed by atoms with Crippen LogP contribution in [0, 0.1) is 6.92 Å². The Morgan fingerprint density at radius 1 is 1.10 bits per heavy atom. The largest absolute Gasteiger partial charge is 0.474 e. The Morgan fingerprint density at radius 2 is 2.03 bits per heavy atom. The first-order valence-corrected chi connectivity index (χ1v) is 10.6. The number of ketones is 1. The molecule has 3 heterocycles. The van der Waals surface area contributed by atoms with Gasteiger partial charge >= 0.3 is 0 Å². The van der Waals surface area contributed by atoms with Gasteiger partial charge in [0.15, 0.2) is 5.78 Å². The summed E-state index contributed by atoms with van der Waals surface area (Å²) in [6.07, 6.45) is 11.1. The summed E-state index contributed by atoms with van der Waals surface area (Å²) in [5, 5.41) is 3.40. The van der Waals surface area contributed by atoms with Crippen LogP contribution in [0.15, 0.2) is 54.5 Å². The Kier molecular flexibility index (Phi) is 4.03. The molecule has 31 heavy (non-hydrogen) atoms. The number of carbonyl (C=O) groups excluding carboxylic acids is 1. The second kappa shape index (κ2) is 6.91. The lowest BCUT2D eigenvalue weighted by Gasteiger charge is -2.21. The van der Waals surface area contributed by atoms with E-state index in [9.17, 15) is 4.79 Å². The SMILES string of the molecule is Cc1c(-c2ccc3c(c2)/C(=C/C2=Cc4cnccc4C2)C(=O)C3)cnc2c1NCCO2. The molecular formula is C26H21N3O2. The van der Waals surface area contributed by atoms with Crippen molar-refractivity contribution in [3.8, 4) is 17.0 Å². The van der Waals surface area contributed by atoms with E-state index in [0.29, 0.717) is 18.9 Å². The first kappa shape index (κ1) is 18.1. The lowest BCUT2D eigenvalue weighted by molar-refractivity contribution is -0.112. The predicted octanol–water partition coefficient (Wildman–Crippen LogP) is 4.40. The summed E-state index contributed by atoms with van der Waals surface area (Å²) in [7, 11) is 0. The van der Waals surface area contributed by atoms with E-state index in [2.05, 4.69) is 52.6 Å². The van der Waals surface area contributed by atoms with Crippen LogP contribution < -0.4 is 10.1 Å². The number of hydrogen-bond donors (Lipinski definition) is 1. The Balaban J connectivity index is 1.40. The summed E-state index contributed by atoms with van der Waals surface area (Å²) in [5.41, 5.74) is 10.6. The fourth-order valence-electron chi connectivity index (χ4n) is 4.71. The Labute approximate surface area is 180 Å². The number of allylic oxidation sites excluding steroid dienone is 3. The number of aromatic nitrogens is 2. The fraction of sp³-hybridized carbons (Fsp3) is 0.192. The molecule has 1 aliphatic heterocycles. The maximum atomic E-state index is 12.9. The highest BCUT2D eigenvalue weighted by Gasteiger charge is 2.26. The van der Waals surface area contributed by atoms with Crippen molar-refractivity contribution in [3.05, 3.63) is 82.3 Å². The van der Waals surface area contributed by atoms with Gasteiger partial charge in [-0.15, -0.1) is 0 Å². The van der Waals surface area contributed by atoms with Crippen molar-refractivity contribution >= 4 is 23.1 Å². The van der Waals surface area contributed by atoms with Crippen molar-refractivity contribution in [2.45, 2.75) is 19.8 Å². The zero-order chi connectivity index (χ0) is 20.9. The predicted molar refractivity (Wildman–Crippen MR) is 121 cm³/mol. The van der Waals surface area contributed by atoms with E-state index in [0.717, 1.165) is 63.2 Å². The molecule has 0 radical (unpaired) electrons. The Hall–Kier alpha value is -3.73. The molecule has 5 heteroatoms. The summed E-state index contributed by atoms with van der Waals surface area (Å²) < 4.78 is 5.66. The summed E-state index contributed by atoms with van der Waals surface area (Å²) >= 11 is 0. The van der Waals surface area contributed by atoms with Crippen LogP contribution in [-0.2, 0) is 17.6 Å². The number of ether oxygens (including phenoxy) is 1. The summed E-state index contributed by atoms with van der Waals surface area (Å²) in [4.78, 5) is 21.6. The Morgan fingerprint density at radius 3 is 2.94 bits per heavy atom. The molecule has 2 aromatic heterocycles. The molecule has 1 N–H and O–H groups in total. The van der Waals surface area contributed by atoms with Crippen LogP contribution in [0.4, 0.5) is 5.69 Å². The topological polar surface area (TPSA) is 64.1 Å². The molecule has 152 valence electrons. The molecule has 3 aliphatic rings. The van der Waals surface area contributed by atoms with Gasteiger partial charge in [-0.2, -0.15) is 0 Å². The number of rotatable bonds is 2. The highest BCUT2D eigenvalue weighted by molar-refractivity contribution is 6.26. The number of benzene rings is 1. The number of pyridine rings is 2. The van der Waals surface area contributed by atoms with Gasteiger partial charge in [0.1, 0.15) is 12.3 Å². The van der Waals surface area contributed by atoms with E-state index in [4.69, 9.17) is 4.74 Å². The molecule has 0 atom stereocenters. The third-order valence-electron chi connectivity index (χ3n) is 6.32. The van der Waals surface area contributed by atoms with E-state index < -0.39 is 0 Å². The molecule has 5 nitrogen and oxygen atoms in total. The monoisotopic (exact) mass is 407 g/mol. The molecular weight excluding hydrogens is 386 g/mol. The Bertz CT molecular complexity index is 1320. The van der Waals surface area contributed by atoms with Gasteiger partial charge < -0.3 is 10.1 Å². The van der Waals surface area contributed by atoms with Gasteiger partial charge in [0.05, 0.1) is 0 Å². The standard InChI is InChI=1S/C26H21N3O2/c1-15-23(14-29-26-25(15)28-6-7-31-26)18-2-3-19-12-24(30)22(21(19)11-18)10-16-8-17-4-5-27-13-20(17)9-16/h2-5,9-11,13-14,28H,6-8,12H2,1H3/b22-10-. The minimum Gasteiger partial charge on any atom is -0.474 e. The highest BCUT2D eigenvalue weighted by atomic mass is 16.5. The average Bonchev–Trinajstić information content (AvgIpc) is 3.34. The fourth-order valence-corrected chi connectivity index (χ4v) is 4.71. The zero-order valence-electron chi connectivity index (χ0n) is 17.2. The molecule has 0 amide bonds. The highest BCUT2D eigenvalue weighted by Crippen LogP contribution is 2.39. The third-order valence-corrected chi connectivity index (χ3v) is 6.32. The van der Waals surface area contributed by atoms with Crippen molar-refractivity contribution in [1.29, 1.82) is 0 Å². The minimum absolute atomic E-state index is 0.178. The molecule has 0 bridgehead atoms. The molecule has 2 aliphatic carbocycles. The van der Waals surface area contributed by atoms with Crippen LogP contribution in [0.2, 0.25) is 0 Å². The van der Waals surface area contributed by atoms with Crippen LogP contribution >= 0.6 is 0 Å². The van der Waals surface area contributed by atoms with Gasteiger partial charge in [-0.3, -0.25) is 9.78 Å². The minimum atomic E-state index is 0.178. The second-order valence-electron chi connectivity index (χ2n) is 8.25. The van der Waals surface area contributed by atoms with Crippen molar-refractivity contribution in [2.24, 2.45) is 0 Å². The number of nitrogens with zero attached hydrogens (tertiary/aromatic N) is 2. The van der Waals surface area contributed by atoms with Crippen LogP contribution in [-0.4, -0.2) is 28.9 Å². The normalized spacial score (nSPS) is 17.5. The van der Waals surface area contributed by atoms with Crippen LogP contribution in [0.1, 0.15) is 27.8 Å². The van der Waals surface area contributed by atoms with Crippen LogP contribution in [0.25, 0.3) is 22.8 Å². The number of Topliss-reactive ketones (excluding diaryl/α,β-unsaturated/α-hetero) is 1. The van der Waals surface area contributed by atoms with Gasteiger partial charge in [0.2, 0.25) is 5.88 Å². The lowest BCUT2D eigenvalue weighted by Crippen LogP contribution is -2.20. The van der Waals surface area contributed by atoms with Gasteiger partial charge in [-0.25, -0.2) is 4.98 Å². The van der Waals surface area contributed by atoms with Gasteiger partial charge in [0, 0.05) is 42.7 Å². The van der Waals surface area contributed by atoms with Crippen molar-refractivity contribution in [3.63, 3.8) is 0 Å². The average molecular weight is 407 g/mol. The first-order valence-electron chi connectivity index (χ1n) is 10.6. The molecule has 6 rings (SSSR count). The smallest absolute Gasteiger partial charge is 0.237 e. The summed E-state index contributed by atoms with van der Waals surface area (Å²) in [6, 6.07) is 8.35. The summed E-state index contributed by atoms with van der Waals surface area (Å²) in [5.74, 6) is 0.837. The van der Waals surface area contributed by atoms with Crippen molar-refractivity contribution < 1.29 is 9.53 Å². The van der Waals surface area contributed by atoms with E-state index in [1.54, 1.807) is 0 Å². The first-order chi connectivity index (χ1) is 15.2. The van der Waals surface area contributed by atoms with Crippen molar-refractivity contribution in [2.75, 3.05) is 18.5 Å².